The van der Waals surface area contributed by atoms with Crippen LogP contribution in [0.4, 0.5) is 0 Å². The van der Waals surface area contributed by atoms with Gasteiger partial charge in [0.05, 0.1) is 35.1 Å². The molecular formula is C21H21N3O3S. The number of rotatable bonds is 7. The summed E-state index contributed by atoms with van der Waals surface area (Å²) in [5.74, 6) is 0.449. The monoisotopic (exact) mass is 395 g/mol. The first kappa shape index (κ1) is 19.8. The van der Waals surface area contributed by atoms with Gasteiger partial charge in [-0.3, -0.25) is 4.79 Å². The number of thiazole rings is 1. The minimum Gasteiger partial charge on any atom is -0.494 e. The number of amides is 1. The third kappa shape index (κ3) is 4.47. The standard InChI is InChI=1S/C21H21N3O3S/c1-3-26-12-11-24-18-10-9-17(27-4-2)13-19(18)28-21(24)23-20(25)16-7-5-15(14-22)6-8-16/h5-10,13H,3-4,11-12H2,1-2H3. The van der Waals surface area contributed by atoms with Crippen molar-refractivity contribution in [1.29, 1.82) is 5.26 Å². The Bertz CT molecular complexity index is 1070. The van der Waals surface area contributed by atoms with Crippen LogP contribution in [0.25, 0.3) is 10.2 Å². The second-order valence-corrected chi connectivity index (χ2v) is 6.91. The normalized spacial score (nSPS) is 11.5. The third-order valence-corrected chi connectivity index (χ3v) is 5.13. The van der Waals surface area contributed by atoms with Gasteiger partial charge in [-0.1, -0.05) is 11.3 Å². The first-order valence-corrected chi connectivity index (χ1v) is 9.91. The van der Waals surface area contributed by atoms with E-state index in [0.29, 0.717) is 42.3 Å². The summed E-state index contributed by atoms with van der Waals surface area (Å²) in [7, 11) is 0. The van der Waals surface area contributed by atoms with Crippen LogP contribution in [0.2, 0.25) is 0 Å². The lowest BCUT2D eigenvalue weighted by Crippen LogP contribution is -2.19. The maximum Gasteiger partial charge on any atom is 0.279 e. The molecule has 0 aliphatic rings. The second-order valence-electron chi connectivity index (χ2n) is 5.90. The lowest BCUT2D eigenvalue weighted by atomic mass is 10.1. The number of hydrogen-bond donors (Lipinski definition) is 0. The molecule has 1 heterocycles. The first-order valence-electron chi connectivity index (χ1n) is 9.09. The molecule has 28 heavy (non-hydrogen) atoms. The predicted molar refractivity (Wildman–Crippen MR) is 109 cm³/mol. The Morgan fingerprint density at radius 2 is 1.96 bits per heavy atom. The highest BCUT2D eigenvalue weighted by Gasteiger charge is 2.10. The molecule has 1 aromatic heterocycles. The Morgan fingerprint density at radius 3 is 2.64 bits per heavy atom. The van der Waals surface area contributed by atoms with Crippen LogP contribution in [0.5, 0.6) is 5.75 Å². The van der Waals surface area contributed by atoms with E-state index >= 15 is 0 Å². The average Bonchev–Trinajstić information content (AvgIpc) is 3.05. The molecule has 0 unspecified atom stereocenters. The minimum absolute atomic E-state index is 0.341. The highest BCUT2D eigenvalue weighted by molar-refractivity contribution is 7.16. The number of hydrogen-bond acceptors (Lipinski definition) is 5. The maximum absolute atomic E-state index is 12.6. The molecule has 0 aliphatic carbocycles. The predicted octanol–water partition coefficient (Wildman–Crippen LogP) is 3.75. The van der Waals surface area contributed by atoms with Crippen molar-refractivity contribution in [3.05, 3.63) is 58.4 Å². The number of ether oxygens (including phenoxy) is 2. The molecule has 0 aliphatic heterocycles. The number of carbonyl (C=O) groups excluding carboxylic acids is 1. The van der Waals surface area contributed by atoms with Crippen molar-refractivity contribution in [3.8, 4) is 11.8 Å². The van der Waals surface area contributed by atoms with Crippen molar-refractivity contribution in [3.63, 3.8) is 0 Å². The van der Waals surface area contributed by atoms with Gasteiger partial charge in [0.2, 0.25) is 0 Å². The van der Waals surface area contributed by atoms with E-state index in [1.165, 1.54) is 11.3 Å². The molecule has 3 aromatic rings. The zero-order valence-corrected chi connectivity index (χ0v) is 16.7. The summed E-state index contributed by atoms with van der Waals surface area (Å²) in [5.41, 5.74) is 1.94. The van der Waals surface area contributed by atoms with Crippen LogP contribution in [0, 0.1) is 11.3 Å². The van der Waals surface area contributed by atoms with Gasteiger partial charge in [-0.25, -0.2) is 0 Å². The van der Waals surface area contributed by atoms with Gasteiger partial charge in [0.15, 0.2) is 4.80 Å². The fourth-order valence-electron chi connectivity index (χ4n) is 2.75. The van der Waals surface area contributed by atoms with E-state index < -0.39 is 0 Å². The zero-order valence-electron chi connectivity index (χ0n) is 15.8. The third-order valence-electron chi connectivity index (χ3n) is 4.09. The van der Waals surface area contributed by atoms with Crippen LogP contribution in [-0.4, -0.2) is 30.3 Å². The van der Waals surface area contributed by atoms with Crippen LogP contribution in [0.3, 0.4) is 0 Å². The molecule has 0 saturated carbocycles. The topological polar surface area (TPSA) is 76.6 Å². The van der Waals surface area contributed by atoms with Crippen LogP contribution in [-0.2, 0) is 11.3 Å². The Balaban J connectivity index is 2.03. The SMILES string of the molecule is CCOCCn1c(=NC(=O)c2ccc(C#N)cc2)sc2cc(OCC)ccc21. The Hall–Kier alpha value is -2.95. The van der Waals surface area contributed by atoms with E-state index in [-0.39, 0.29) is 5.91 Å². The molecule has 0 radical (unpaired) electrons. The van der Waals surface area contributed by atoms with Gasteiger partial charge < -0.3 is 14.0 Å². The Kier molecular flexibility index (Phi) is 6.58. The summed E-state index contributed by atoms with van der Waals surface area (Å²) in [4.78, 5) is 17.6. The van der Waals surface area contributed by atoms with Crippen molar-refractivity contribution in [2.75, 3.05) is 19.8 Å². The highest BCUT2D eigenvalue weighted by Crippen LogP contribution is 2.23. The molecular weight excluding hydrogens is 374 g/mol. The van der Waals surface area contributed by atoms with Gasteiger partial charge in [0, 0.05) is 18.7 Å². The van der Waals surface area contributed by atoms with E-state index in [0.717, 1.165) is 16.0 Å². The molecule has 3 rings (SSSR count). The molecule has 7 heteroatoms. The summed E-state index contributed by atoms with van der Waals surface area (Å²) in [6.45, 7) is 6.25. The van der Waals surface area contributed by atoms with Crippen molar-refractivity contribution in [1.82, 2.24) is 4.57 Å². The largest absolute Gasteiger partial charge is 0.494 e. The van der Waals surface area contributed by atoms with E-state index in [1.54, 1.807) is 24.3 Å². The molecule has 0 fully saturated rings. The lowest BCUT2D eigenvalue weighted by Gasteiger charge is -2.06. The van der Waals surface area contributed by atoms with Gasteiger partial charge in [-0.2, -0.15) is 10.3 Å². The van der Waals surface area contributed by atoms with Crippen LogP contribution in [0.15, 0.2) is 47.5 Å². The summed E-state index contributed by atoms with van der Waals surface area (Å²) in [5, 5.41) is 8.90. The molecule has 0 N–H and O–H groups in total. The molecule has 1 amide bonds. The summed E-state index contributed by atoms with van der Waals surface area (Å²) >= 11 is 1.44. The van der Waals surface area contributed by atoms with Gasteiger partial charge >= 0.3 is 0 Å². The van der Waals surface area contributed by atoms with Crippen LogP contribution < -0.4 is 9.54 Å². The van der Waals surface area contributed by atoms with Gasteiger partial charge in [0.25, 0.3) is 5.91 Å². The quantitative estimate of drug-likeness (QED) is 0.571. The Morgan fingerprint density at radius 1 is 1.18 bits per heavy atom. The molecule has 0 saturated heterocycles. The highest BCUT2D eigenvalue weighted by atomic mass is 32.1. The molecule has 0 atom stereocenters. The number of nitrogens with zero attached hydrogens (tertiary/aromatic N) is 3. The molecule has 6 nitrogen and oxygen atoms in total. The van der Waals surface area contributed by atoms with Crippen molar-refractivity contribution >= 4 is 27.5 Å². The number of fused-ring (bicyclic) bond motifs is 1. The molecule has 144 valence electrons. The fraction of sp³-hybridized carbons (Fsp3) is 0.286. The van der Waals surface area contributed by atoms with E-state index in [4.69, 9.17) is 14.7 Å². The summed E-state index contributed by atoms with van der Waals surface area (Å²) in [6.07, 6.45) is 0. The first-order chi connectivity index (χ1) is 13.7. The number of nitriles is 1. The summed E-state index contributed by atoms with van der Waals surface area (Å²) < 4.78 is 14.1. The van der Waals surface area contributed by atoms with Crippen molar-refractivity contribution in [2.24, 2.45) is 4.99 Å². The minimum atomic E-state index is -0.341. The molecule has 0 spiro atoms. The zero-order chi connectivity index (χ0) is 19.9. The smallest absolute Gasteiger partial charge is 0.279 e. The number of aromatic nitrogens is 1. The van der Waals surface area contributed by atoms with Crippen LogP contribution >= 0.6 is 11.3 Å². The van der Waals surface area contributed by atoms with Crippen molar-refractivity contribution in [2.45, 2.75) is 20.4 Å². The second kappa shape index (κ2) is 9.31. The van der Waals surface area contributed by atoms with E-state index in [9.17, 15) is 4.79 Å². The van der Waals surface area contributed by atoms with E-state index in [2.05, 4.69) is 4.99 Å². The number of benzene rings is 2. The summed E-state index contributed by atoms with van der Waals surface area (Å²) in [6, 6.07) is 14.4. The van der Waals surface area contributed by atoms with Crippen LogP contribution in [0.1, 0.15) is 29.8 Å². The lowest BCUT2D eigenvalue weighted by molar-refractivity contribution is 0.0996. The van der Waals surface area contributed by atoms with Crippen molar-refractivity contribution < 1.29 is 14.3 Å². The van der Waals surface area contributed by atoms with E-state index in [1.807, 2.05) is 42.7 Å². The molecule has 2 aromatic carbocycles. The molecule has 0 bridgehead atoms. The van der Waals surface area contributed by atoms with Gasteiger partial charge in [0.1, 0.15) is 5.75 Å². The fourth-order valence-corrected chi connectivity index (χ4v) is 3.83. The number of carbonyl (C=O) groups is 1. The Labute approximate surface area is 167 Å². The average molecular weight is 395 g/mol. The van der Waals surface area contributed by atoms with Gasteiger partial charge in [-0.05, 0) is 56.3 Å². The van der Waals surface area contributed by atoms with Gasteiger partial charge in [-0.15, -0.1) is 0 Å². The maximum atomic E-state index is 12.6.